The minimum Gasteiger partial charge on any atom is -0.452 e. The van der Waals surface area contributed by atoms with Crippen molar-refractivity contribution in [1.29, 1.82) is 0 Å². The second-order valence-electron chi connectivity index (χ2n) is 4.15. The summed E-state index contributed by atoms with van der Waals surface area (Å²) in [6.45, 7) is 6.46. The third kappa shape index (κ3) is 4.18. The van der Waals surface area contributed by atoms with Gasteiger partial charge in [0, 0.05) is 5.69 Å². The molecule has 2 rings (SSSR count). The second-order valence-corrected chi connectivity index (χ2v) is 4.15. The second kappa shape index (κ2) is 6.87. The molecular formula is C16H12N2O3. The fourth-order valence-electron chi connectivity index (χ4n) is 1.61. The summed E-state index contributed by atoms with van der Waals surface area (Å²) in [5.41, 5.74) is 1.38. The molecule has 2 aromatic carbocycles. The molecule has 21 heavy (non-hydrogen) atoms. The third-order valence-corrected chi connectivity index (χ3v) is 2.62. The number of esters is 1. The lowest BCUT2D eigenvalue weighted by Gasteiger charge is -2.06. The lowest BCUT2D eigenvalue weighted by Crippen LogP contribution is -2.20. The number of amides is 1. The molecule has 0 unspecified atom stereocenters. The van der Waals surface area contributed by atoms with Crippen molar-refractivity contribution in [3.63, 3.8) is 0 Å². The first-order valence-corrected chi connectivity index (χ1v) is 6.18. The van der Waals surface area contributed by atoms with Crippen LogP contribution in [0.5, 0.6) is 0 Å². The van der Waals surface area contributed by atoms with Crippen LogP contribution >= 0.6 is 0 Å². The van der Waals surface area contributed by atoms with E-state index in [9.17, 15) is 9.59 Å². The van der Waals surface area contributed by atoms with Gasteiger partial charge in [-0.1, -0.05) is 42.5 Å². The highest BCUT2D eigenvalue weighted by atomic mass is 16.5. The summed E-state index contributed by atoms with van der Waals surface area (Å²) in [6, 6.07) is 14.9. The van der Waals surface area contributed by atoms with Crippen molar-refractivity contribution in [2.75, 3.05) is 11.9 Å². The van der Waals surface area contributed by atoms with Gasteiger partial charge in [-0.15, -0.1) is 0 Å². The fourth-order valence-corrected chi connectivity index (χ4v) is 1.61. The normalized spacial score (nSPS) is 9.48. The number of hydrogen-bond acceptors (Lipinski definition) is 3. The Morgan fingerprint density at radius 1 is 1.05 bits per heavy atom. The molecule has 0 heterocycles. The number of anilines is 1. The van der Waals surface area contributed by atoms with Crippen molar-refractivity contribution in [1.82, 2.24) is 0 Å². The molecule has 0 spiro atoms. The molecule has 0 aliphatic rings. The largest absolute Gasteiger partial charge is 0.452 e. The summed E-state index contributed by atoms with van der Waals surface area (Å²) < 4.78 is 4.91. The van der Waals surface area contributed by atoms with Gasteiger partial charge in [0.25, 0.3) is 5.91 Å². The number of para-hydroxylation sites is 1. The van der Waals surface area contributed by atoms with Gasteiger partial charge < -0.3 is 10.1 Å². The molecular weight excluding hydrogens is 268 g/mol. The number of rotatable bonds is 4. The predicted octanol–water partition coefficient (Wildman–Crippen LogP) is 3.03. The van der Waals surface area contributed by atoms with E-state index in [4.69, 9.17) is 11.3 Å². The zero-order valence-electron chi connectivity index (χ0n) is 11.1. The van der Waals surface area contributed by atoms with Crippen molar-refractivity contribution in [3.8, 4) is 0 Å². The van der Waals surface area contributed by atoms with Crippen molar-refractivity contribution in [3.05, 3.63) is 71.6 Å². The van der Waals surface area contributed by atoms with Gasteiger partial charge in [0.05, 0.1) is 12.1 Å². The van der Waals surface area contributed by atoms with E-state index in [0.717, 1.165) is 0 Å². The van der Waals surface area contributed by atoms with Crippen molar-refractivity contribution >= 4 is 23.3 Å². The first-order valence-electron chi connectivity index (χ1n) is 6.18. The van der Waals surface area contributed by atoms with Gasteiger partial charge in [-0.2, -0.15) is 0 Å². The van der Waals surface area contributed by atoms with Crippen LogP contribution in [0.2, 0.25) is 0 Å². The lowest BCUT2D eigenvalue weighted by atomic mass is 10.2. The third-order valence-electron chi connectivity index (χ3n) is 2.62. The smallest absolute Gasteiger partial charge is 0.338 e. The Morgan fingerprint density at radius 2 is 1.71 bits per heavy atom. The molecule has 0 aromatic heterocycles. The maximum absolute atomic E-state index is 11.7. The van der Waals surface area contributed by atoms with E-state index in [2.05, 4.69) is 10.2 Å². The quantitative estimate of drug-likeness (QED) is 0.691. The molecule has 0 aliphatic carbocycles. The molecule has 0 bridgehead atoms. The maximum atomic E-state index is 11.7. The summed E-state index contributed by atoms with van der Waals surface area (Å²) in [4.78, 5) is 26.6. The first-order chi connectivity index (χ1) is 10.2. The van der Waals surface area contributed by atoms with Gasteiger partial charge in [-0.05, 0) is 12.1 Å². The van der Waals surface area contributed by atoms with Gasteiger partial charge in [0.15, 0.2) is 12.3 Å². The zero-order chi connectivity index (χ0) is 15.1. The molecule has 0 radical (unpaired) electrons. The van der Waals surface area contributed by atoms with E-state index in [1.807, 2.05) is 6.07 Å². The van der Waals surface area contributed by atoms with Crippen LogP contribution in [0.15, 0.2) is 54.6 Å². The van der Waals surface area contributed by atoms with Crippen LogP contribution in [0.3, 0.4) is 0 Å². The maximum Gasteiger partial charge on any atom is 0.338 e. The Kier molecular flexibility index (Phi) is 4.67. The van der Waals surface area contributed by atoms with Gasteiger partial charge in [-0.25, -0.2) is 9.64 Å². The van der Waals surface area contributed by atoms with Crippen molar-refractivity contribution in [2.24, 2.45) is 0 Å². The van der Waals surface area contributed by atoms with Gasteiger partial charge in [0.2, 0.25) is 0 Å². The number of hydrogen-bond donors (Lipinski definition) is 1. The molecule has 0 saturated carbocycles. The van der Waals surface area contributed by atoms with E-state index < -0.39 is 11.9 Å². The minimum atomic E-state index is -0.602. The molecule has 104 valence electrons. The Hall–Kier alpha value is -3.13. The zero-order valence-corrected chi connectivity index (χ0v) is 11.1. The number of ether oxygens (including phenoxy) is 1. The first kappa shape index (κ1) is 14.3. The molecule has 5 nitrogen and oxygen atoms in total. The summed E-state index contributed by atoms with van der Waals surface area (Å²) in [6.07, 6.45) is 0. The minimum absolute atomic E-state index is 0.301. The predicted molar refractivity (Wildman–Crippen MR) is 78.1 cm³/mol. The lowest BCUT2D eigenvalue weighted by molar-refractivity contribution is -0.119. The van der Waals surface area contributed by atoms with Gasteiger partial charge >= 0.3 is 5.97 Å². The van der Waals surface area contributed by atoms with Gasteiger partial charge in [-0.3, -0.25) is 4.79 Å². The Balaban J connectivity index is 1.86. The molecule has 1 N–H and O–H groups in total. The van der Waals surface area contributed by atoms with Crippen LogP contribution in [0.4, 0.5) is 11.4 Å². The van der Waals surface area contributed by atoms with E-state index >= 15 is 0 Å². The van der Waals surface area contributed by atoms with Crippen molar-refractivity contribution in [2.45, 2.75) is 0 Å². The summed E-state index contributed by atoms with van der Waals surface area (Å²) in [7, 11) is 0. The molecule has 0 aliphatic heterocycles. The molecule has 0 saturated heterocycles. The molecule has 5 heteroatoms. The molecule has 2 aromatic rings. The highest BCUT2D eigenvalue weighted by Crippen LogP contribution is 2.13. The molecule has 0 atom stereocenters. The Labute approximate surface area is 122 Å². The van der Waals surface area contributed by atoms with Crippen LogP contribution < -0.4 is 5.32 Å². The van der Waals surface area contributed by atoms with Crippen LogP contribution in [-0.2, 0) is 9.53 Å². The topological polar surface area (TPSA) is 59.8 Å². The highest BCUT2D eigenvalue weighted by molar-refractivity contribution is 5.95. The SMILES string of the molecule is [C-]#[N+]c1ccc(C(=O)OCC(=O)Nc2ccccc2)cc1. The van der Waals surface area contributed by atoms with Crippen LogP contribution in [-0.4, -0.2) is 18.5 Å². The summed E-state index contributed by atoms with van der Waals surface area (Å²) in [5, 5.41) is 2.61. The van der Waals surface area contributed by atoms with E-state index in [1.165, 1.54) is 24.3 Å². The van der Waals surface area contributed by atoms with E-state index in [0.29, 0.717) is 16.9 Å². The number of nitrogens with zero attached hydrogens (tertiary/aromatic N) is 1. The average Bonchev–Trinajstić information content (AvgIpc) is 2.53. The number of carbonyl (C=O) groups is 2. The van der Waals surface area contributed by atoms with Crippen LogP contribution in [0.25, 0.3) is 4.85 Å². The number of carbonyl (C=O) groups excluding carboxylic acids is 2. The number of benzene rings is 2. The highest BCUT2D eigenvalue weighted by Gasteiger charge is 2.10. The summed E-state index contributed by atoms with van der Waals surface area (Å²) in [5.74, 6) is -1.01. The van der Waals surface area contributed by atoms with Gasteiger partial charge in [0.1, 0.15) is 0 Å². The fraction of sp³-hybridized carbons (Fsp3) is 0.0625. The van der Waals surface area contributed by atoms with Crippen LogP contribution in [0.1, 0.15) is 10.4 Å². The summed E-state index contributed by atoms with van der Waals surface area (Å²) >= 11 is 0. The monoisotopic (exact) mass is 280 g/mol. The van der Waals surface area contributed by atoms with Crippen LogP contribution in [0, 0.1) is 6.57 Å². The standard InChI is InChI=1S/C16H12N2O3/c1-17-13-9-7-12(8-10-13)16(20)21-11-15(19)18-14-5-3-2-4-6-14/h2-10H,11H2,(H,18,19). The molecule has 0 fully saturated rings. The van der Waals surface area contributed by atoms with Crippen molar-refractivity contribution < 1.29 is 14.3 Å². The Morgan fingerprint density at radius 3 is 2.33 bits per heavy atom. The Bertz CT molecular complexity index is 673. The molecule has 1 amide bonds. The number of nitrogens with one attached hydrogen (secondary N) is 1. The van der Waals surface area contributed by atoms with E-state index in [-0.39, 0.29) is 6.61 Å². The average molecular weight is 280 g/mol. The van der Waals surface area contributed by atoms with E-state index in [1.54, 1.807) is 24.3 Å².